The molecule has 43 heavy (non-hydrogen) atoms. The molecule has 6 heteroatoms. The van der Waals surface area contributed by atoms with Gasteiger partial charge in [0.15, 0.2) is 11.0 Å². The normalized spacial score (nSPS) is 13.4. The van der Waals surface area contributed by atoms with Gasteiger partial charge in [-0.25, -0.2) is 4.98 Å². The van der Waals surface area contributed by atoms with E-state index in [-0.39, 0.29) is 5.15 Å². The molecule has 0 bridgehead atoms. The predicted octanol–water partition coefficient (Wildman–Crippen LogP) is 9.60. The van der Waals surface area contributed by atoms with E-state index in [0.717, 1.165) is 27.4 Å². The Morgan fingerprint density at radius 3 is 2.37 bits per heavy atom. The third-order valence-electron chi connectivity index (χ3n) is 8.37. The van der Waals surface area contributed by atoms with Gasteiger partial charge in [0.05, 0.1) is 15.6 Å². The highest BCUT2D eigenvalue weighted by Gasteiger charge is 2.24. The molecule has 0 N–H and O–H groups in total. The number of allylic oxidation sites excluding steroid dienone is 2. The van der Waals surface area contributed by atoms with Crippen molar-refractivity contribution in [3.63, 3.8) is 0 Å². The maximum Gasteiger partial charge on any atom is 0.247 e. The first-order valence-electron chi connectivity index (χ1n) is 14.2. The lowest BCUT2D eigenvalue weighted by Gasteiger charge is -2.10. The van der Waals surface area contributed by atoms with Crippen LogP contribution in [0.3, 0.4) is 0 Å². The van der Waals surface area contributed by atoms with Crippen molar-refractivity contribution in [3.05, 3.63) is 106 Å². The van der Waals surface area contributed by atoms with Crippen LogP contribution in [0.5, 0.6) is 0 Å². The summed E-state index contributed by atoms with van der Waals surface area (Å²) in [5.74, 6) is 1.31. The highest BCUT2D eigenvalue weighted by atomic mass is 35.5. The standard InChI is InChI=1S/C37H26ClN3OS/c1-5-8-14-23-20(4)42-37-32(23)39-36(35(38)40-37)41-27(7-3)22(6-2)29-25-16-11-12-17-26(25)31-30-24-15-10-9-13-21(24)18-19-28(30)43-34(31)33(29)41/h5-19H,1H2,2-4H3/b14-8-,22-6+,27-7+. The van der Waals surface area contributed by atoms with Crippen molar-refractivity contribution in [3.8, 4) is 5.82 Å². The third kappa shape index (κ3) is 3.56. The third-order valence-corrected chi connectivity index (χ3v) is 9.78. The molecule has 0 saturated heterocycles. The van der Waals surface area contributed by atoms with Crippen LogP contribution in [-0.4, -0.2) is 14.5 Å². The second-order valence-electron chi connectivity index (χ2n) is 10.6. The van der Waals surface area contributed by atoms with E-state index in [2.05, 4.69) is 97.8 Å². The van der Waals surface area contributed by atoms with Crippen LogP contribution in [0.25, 0.3) is 87.9 Å². The molecule has 0 atom stereocenters. The van der Waals surface area contributed by atoms with Crippen LogP contribution in [0.15, 0.2) is 83.8 Å². The quantitative estimate of drug-likeness (QED) is 0.191. The van der Waals surface area contributed by atoms with Crippen LogP contribution in [-0.2, 0) is 0 Å². The molecule has 0 spiro atoms. The Bertz CT molecular complexity index is 2640. The lowest BCUT2D eigenvalue weighted by atomic mass is 9.97. The number of aromatic nitrogens is 3. The number of hydrogen-bond acceptors (Lipinski definition) is 4. The summed E-state index contributed by atoms with van der Waals surface area (Å²) in [6, 6.07) is 21.9. The van der Waals surface area contributed by atoms with E-state index in [1.165, 1.54) is 47.1 Å². The van der Waals surface area contributed by atoms with Gasteiger partial charge in [0.25, 0.3) is 0 Å². The Balaban J connectivity index is 1.66. The summed E-state index contributed by atoms with van der Waals surface area (Å²) in [4.78, 5) is 9.90. The molecular weight excluding hydrogens is 570 g/mol. The monoisotopic (exact) mass is 595 g/mol. The fourth-order valence-electron chi connectivity index (χ4n) is 6.61. The Kier molecular flexibility index (Phi) is 5.83. The van der Waals surface area contributed by atoms with Crippen molar-refractivity contribution in [2.75, 3.05) is 0 Å². The number of aryl methyl sites for hydroxylation is 1. The molecule has 208 valence electrons. The van der Waals surface area contributed by atoms with Gasteiger partial charge in [0.1, 0.15) is 11.3 Å². The highest BCUT2D eigenvalue weighted by molar-refractivity contribution is 7.27. The second-order valence-corrected chi connectivity index (χ2v) is 12.0. The van der Waals surface area contributed by atoms with Crippen LogP contribution >= 0.6 is 22.9 Å². The molecule has 0 aliphatic heterocycles. The first-order valence-corrected chi connectivity index (χ1v) is 15.4. The number of halogens is 1. The van der Waals surface area contributed by atoms with Crippen LogP contribution in [0.4, 0.5) is 0 Å². The zero-order chi connectivity index (χ0) is 29.4. The molecule has 4 aromatic carbocycles. The van der Waals surface area contributed by atoms with Gasteiger partial charge < -0.3 is 4.42 Å². The molecule has 0 saturated carbocycles. The van der Waals surface area contributed by atoms with Crippen molar-refractivity contribution in [2.24, 2.45) is 0 Å². The smallest absolute Gasteiger partial charge is 0.247 e. The van der Waals surface area contributed by atoms with E-state index in [4.69, 9.17) is 26.0 Å². The van der Waals surface area contributed by atoms with Gasteiger partial charge >= 0.3 is 0 Å². The van der Waals surface area contributed by atoms with Gasteiger partial charge in [-0.3, -0.25) is 4.57 Å². The fourth-order valence-corrected chi connectivity index (χ4v) is 8.09. The number of benzene rings is 4. The van der Waals surface area contributed by atoms with Crippen LogP contribution in [0, 0.1) is 6.92 Å². The molecule has 4 aromatic heterocycles. The zero-order valence-corrected chi connectivity index (χ0v) is 25.5. The lowest BCUT2D eigenvalue weighted by Crippen LogP contribution is -2.28. The fraction of sp³-hybridized carbons (Fsp3) is 0.0811. The van der Waals surface area contributed by atoms with E-state index in [0.29, 0.717) is 17.0 Å². The Labute approximate surface area is 256 Å². The minimum Gasteiger partial charge on any atom is -0.441 e. The average Bonchev–Trinajstić information content (AvgIpc) is 3.68. The molecule has 0 fully saturated rings. The van der Waals surface area contributed by atoms with Crippen LogP contribution in [0.1, 0.15) is 25.2 Å². The van der Waals surface area contributed by atoms with Gasteiger partial charge in [0.2, 0.25) is 5.71 Å². The van der Waals surface area contributed by atoms with E-state index in [9.17, 15) is 0 Å². The van der Waals surface area contributed by atoms with Crippen molar-refractivity contribution in [1.29, 1.82) is 0 Å². The van der Waals surface area contributed by atoms with Gasteiger partial charge in [-0.2, -0.15) is 4.98 Å². The van der Waals surface area contributed by atoms with E-state index in [1.54, 1.807) is 6.08 Å². The number of rotatable bonds is 3. The molecule has 0 unspecified atom stereocenters. The summed E-state index contributed by atoms with van der Waals surface area (Å²) in [6.45, 7) is 9.90. The van der Waals surface area contributed by atoms with Crippen molar-refractivity contribution in [1.82, 2.24) is 14.5 Å². The molecule has 0 aliphatic carbocycles. The number of fused-ring (bicyclic) bond motifs is 11. The summed E-state index contributed by atoms with van der Waals surface area (Å²) in [6.07, 6.45) is 9.90. The van der Waals surface area contributed by atoms with Gasteiger partial charge in [-0.15, -0.1) is 11.3 Å². The molecule has 0 radical (unpaired) electrons. The number of hydrogen-bond donors (Lipinski definition) is 0. The summed E-state index contributed by atoms with van der Waals surface area (Å²) >= 11 is 8.82. The summed E-state index contributed by atoms with van der Waals surface area (Å²) in [5.41, 5.74) is 3.03. The molecular formula is C37H26ClN3OS. The van der Waals surface area contributed by atoms with E-state index in [1.807, 2.05) is 30.4 Å². The molecule has 0 amide bonds. The number of thiophene rings is 1. The summed E-state index contributed by atoms with van der Waals surface area (Å²) < 4.78 is 10.6. The lowest BCUT2D eigenvalue weighted by molar-refractivity contribution is 0.566. The summed E-state index contributed by atoms with van der Waals surface area (Å²) in [5, 5.41) is 11.1. The summed E-state index contributed by atoms with van der Waals surface area (Å²) in [7, 11) is 0. The average molecular weight is 596 g/mol. The molecule has 4 nitrogen and oxygen atoms in total. The van der Waals surface area contributed by atoms with Crippen LogP contribution < -0.4 is 10.6 Å². The first kappa shape index (κ1) is 26.0. The van der Waals surface area contributed by atoms with Crippen molar-refractivity contribution >= 4 is 105 Å². The number of furan rings is 1. The van der Waals surface area contributed by atoms with Crippen LogP contribution in [0.2, 0.25) is 5.15 Å². The molecule has 8 aromatic rings. The first-order chi connectivity index (χ1) is 21.0. The van der Waals surface area contributed by atoms with Crippen molar-refractivity contribution in [2.45, 2.75) is 20.8 Å². The Hall–Kier alpha value is -4.71. The molecule has 8 rings (SSSR count). The topological polar surface area (TPSA) is 43.9 Å². The SMILES string of the molecule is C=C/C=C\c1c(C)oc2nc(Cl)c(-n3c(=C/C)/c(=C\C)c4c5ccccc5c5c(sc6ccc7ccccc7c65)c43)nc12. The second kappa shape index (κ2) is 9.66. The van der Waals surface area contributed by atoms with Gasteiger partial charge in [-0.05, 0) is 54.5 Å². The molecule has 0 aliphatic rings. The predicted molar refractivity (Wildman–Crippen MR) is 185 cm³/mol. The van der Waals surface area contributed by atoms with Gasteiger partial charge in [-0.1, -0.05) is 97.1 Å². The highest BCUT2D eigenvalue weighted by Crippen LogP contribution is 2.46. The van der Waals surface area contributed by atoms with Crippen molar-refractivity contribution < 1.29 is 4.42 Å². The zero-order valence-electron chi connectivity index (χ0n) is 23.9. The Morgan fingerprint density at radius 2 is 1.63 bits per heavy atom. The maximum absolute atomic E-state index is 7.00. The minimum atomic E-state index is 0.288. The maximum atomic E-state index is 7.00. The molecule has 4 heterocycles. The largest absolute Gasteiger partial charge is 0.441 e. The van der Waals surface area contributed by atoms with Gasteiger partial charge in [0, 0.05) is 31.6 Å². The minimum absolute atomic E-state index is 0.288. The van der Waals surface area contributed by atoms with E-state index >= 15 is 0 Å². The van der Waals surface area contributed by atoms with E-state index < -0.39 is 0 Å². The Morgan fingerprint density at radius 1 is 0.884 bits per heavy atom. The number of nitrogens with zero attached hydrogens (tertiary/aromatic N) is 3.